The number of rotatable bonds is 4. The molecule has 0 N–H and O–H groups in total. The molecule has 0 bridgehead atoms. The number of ether oxygens (including phenoxy) is 1. The van der Waals surface area contributed by atoms with Crippen molar-refractivity contribution in [3.05, 3.63) is 35.9 Å². The second-order valence-electron chi connectivity index (χ2n) is 6.73. The van der Waals surface area contributed by atoms with Crippen molar-refractivity contribution in [2.75, 3.05) is 6.61 Å². The lowest BCUT2D eigenvalue weighted by atomic mass is 9.81. The first kappa shape index (κ1) is 14.3. The summed E-state index contributed by atoms with van der Waals surface area (Å²) in [6.45, 7) is 7.34. The normalized spacial score (nSPS) is 22.8. The van der Waals surface area contributed by atoms with Crippen molar-refractivity contribution in [2.45, 2.75) is 52.1 Å². The number of aromatic nitrogens is 2. The molecule has 0 amide bonds. The lowest BCUT2D eigenvalue weighted by Gasteiger charge is -2.29. The van der Waals surface area contributed by atoms with E-state index in [1.54, 1.807) is 12.5 Å². The highest BCUT2D eigenvalue weighted by molar-refractivity contribution is 5.08. The molecule has 114 valence electrons. The Morgan fingerprint density at radius 3 is 2.86 bits per heavy atom. The van der Waals surface area contributed by atoms with Crippen LogP contribution in [-0.2, 0) is 17.6 Å². The fourth-order valence-electron chi connectivity index (χ4n) is 2.91. The van der Waals surface area contributed by atoms with Crippen LogP contribution in [0.4, 0.5) is 0 Å². The minimum absolute atomic E-state index is 0.0821. The van der Waals surface area contributed by atoms with Crippen LogP contribution in [0.25, 0.3) is 0 Å². The van der Waals surface area contributed by atoms with Crippen molar-refractivity contribution in [1.82, 2.24) is 10.1 Å². The van der Waals surface area contributed by atoms with E-state index < -0.39 is 0 Å². The lowest BCUT2D eigenvalue weighted by Crippen LogP contribution is -2.30. The standard InChI is InChI=1S/C16H22N2O3/c1-16(2,3)14-12(7-9-20-14)15-17-13(21-18-15)5-4-11-6-8-19-10-11/h6,8,10,12,14H,4-5,7,9H2,1-3H3/t12-,14-/m0/s1. The molecule has 5 nitrogen and oxygen atoms in total. The first-order chi connectivity index (χ1) is 10.0. The Bertz CT molecular complexity index is 569. The molecule has 2 aromatic heterocycles. The zero-order valence-electron chi connectivity index (χ0n) is 12.8. The number of furan rings is 1. The summed E-state index contributed by atoms with van der Waals surface area (Å²) in [4.78, 5) is 4.57. The first-order valence-corrected chi connectivity index (χ1v) is 7.49. The Labute approximate surface area is 124 Å². The minimum Gasteiger partial charge on any atom is -0.472 e. The van der Waals surface area contributed by atoms with Crippen LogP contribution in [0.2, 0.25) is 0 Å². The molecule has 0 spiro atoms. The molecule has 21 heavy (non-hydrogen) atoms. The van der Waals surface area contributed by atoms with E-state index in [9.17, 15) is 0 Å². The highest BCUT2D eigenvalue weighted by atomic mass is 16.5. The van der Waals surface area contributed by atoms with E-state index in [1.165, 1.54) is 0 Å². The minimum atomic E-state index is 0.0821. The molecule has 0 aliphatic carbocycles. The molecule has 0 saturated carbocycles. The summed E-state index contributed by atoms with van der Waals surface area (Å²) in [5.41, 5.74) is 1.23. The number of hydrogen-bond donors (Lipinski definition) is 0. The van der Waals surface area contributed by atoms with Gasteiger partial charge in [0.05, 0.1) is 24.5 Å². The van der Waals surface area contributed by atoms with E-state index in [2.05, 4.69) is 30.9 Å². The Morgan fingerprint density at radius 2 is 2.14 bits per heavy atom. The van der Waals surface area contributed by atoms with Gasteiger partial charge in [0.25, 0.3) is 0 Å². The molecule has 1 aliphatic rings. The quantitative estimate of drug-likeness (QED) is 0.864. The first-order valence-electron chi connectivity index (χ1n) is 7.49. The number of aryl methyl sites for hydroxylation is 2. The predicted octanol–water partition coefficient (Wildman–Crippen LogP) is 3.37. The third kappa shape index (κ3) is 3.18. The van der Waals surface area contributed by atoms with Crippen molar-refractivity contribution >= 4 is 0 Å². The fourth-order valence-corrected chi connectivity index (χ4v) is 2.91. The maximum atomic E-state index is 5.88. The summed E-state index contributed by atoms with van der Waals surface area (Å²) in [5.74, 6) is 1.71. The monoisotopic (exact) mass is 290 g/mol. The van der Waals surface area contributed by atoms with E-state index in [0.29, 0.717) is 5.89 Å². The second kappa shape index (κ2) is 5.64. The molecule has 1 aliphatic heterocycles. The lowest BCUT2D eigenvalue weighted by molar-refractivity contribution is 0.0193. The van der Waals surface area contributed by atoms with Crippen LogP contribution in [0.1, 0.15) is 50.4 Å². The molecule has 2 aromatic rings. The van der Waals surface area contributed by atoms with Gasteiger partial charge in [0, 0.05) is 13.0 Å². The van der Waals surface area contributed by atoms with Gasteiger partial charge in [0.1, 0.15) is 0 Å². The topological polar surface area (TPSA) is 61.3 Å². The van der Waals surface area contributed by atoms with Crippen LogP contribution >= 0.6 is 0 Å². The van der Waals surface area contributed by atoms with Crippen LogP contribution in [0.3, 0.4) is 0 Å². The summed E-state index contributed by atoms with van der Waals surface area (Å²) < 4.78 is 16.3. The van der Waals surface area contributed by atoms with Crippen molar-refractivity contribution in [2.24, 2.45) is 5.41 Å². The number of nitrogens with zero attached hydrogens (tertiary/aromatic N) is 2. The number of hydrogen-bond acceptors (Lipinski definition) is 5. The van der Waals surface area contributed by atoms with Gasteiger partial charge in [0.15, 0.2) is 5.82 Å². The van der Waals surface area contributed by atoms with E-state index in [1.807, 2.05) is 6.07 Å². The van der Waals surface area contributed by atoms with Crippen molar-refractivity contribution in [1.29, 1.82) is 0 Å². The van der Waals surface area contributed by atoms with Gasteiger partial charge < -0.3 is 13.7 Å². The van der Waals surface area contributed by atoms with Crippen molar-refractivity contribution in [3.63, 3.8) is 0 Å². The third-order valence-electron chi connectivity index (χ3n) is 3.97. The van der Waals surface area contributed by atoms with E-state index in [4.69, 9.17) is 13.7 Å². The largest absolute Gasteiger partial charge is 0.472 e. The van der Waals surface area contributed by atoms with Crippen LogP contribution in [0, 0.1) is 5.41 Å². The average Bonchev–Trinajstić information content (AvgIpc) is 3.16. The van der Waals surface area contributed by atoms with Crippen LogP contribution < -0.4 is 0 Å². The molecular formula is C16H22N2O3. The molecule has 0 radical (unpaired) electrons. The smallest absolute Gasteiger partial charge is 0.226 e. The van der Waals surface area contributed by atoms with E-state index in [0.717, 1.165) is 37.3 Å². The van der Waals surface area contributed by atoms with E-state index >= 15 is 0 Å². The summed E-state index contributed by atoms with van der Waals surface area (Å²) in [5, 5.41) is 4.17. The van der Waals surface area contributed by atoms with Gasteiger partial charge in [-0.05, 0) is 29.9 Å². The zero-order valence-corrected chi connectivity index (χ0v) is 12.8. The molecule has 0 aromatic carbocycles. The highest BCUT2D eigenvalue weighted by Crippen LogP contribution is 2.39. The molecule has 5 heteroatoms. The summed E-state index contributed by atoms with van der Waals surface area (Å²) in [6.07, 6.45) is 6.12. The Morgan fingerprint density at radius 1 is 1.29 bits per heavy atom. The summed E-state index contributed by atoms with van der Waals surface area (Å²) in [6, 6.07) is 1.96. The predicted molar refractivity (Wildman–Crippen MR) is 77.0 cm³/mol. The summed E-state index contributed by atoms with van der Waals surface area (Å²) >= 11 is 0. The van der Waals surface area contributed by atoms with Gasteiger partial charge in [-0.3, -0.25) is 0 Å². The molecule has 2 atom stereocenters. The Balaban J connectivity index is 1.67. The van der Waals surface area contributed by atoms with Crippen LogP contribution in [0.15, 0.2) is 27.5 Å². The Kier molecular flexibility index (Phi) is 3.85. The maximum absolute atomic E-state index is 5.88. The molecular weight excluding hydrogens is 268 g/mol. The highest BCUT2D eigenvalue weighted by Gasteiger charge is 2.40. The van der Waals surface area contributed by atoms with Crippen molar-refractivity contribution < 1.29 is 13.7 Å². The third-order valence-corrected chi connectivity index (χ3v) is 3.97. The van der Waals surface area contributed by atoms with E-state index in [-0.39, 0.29) is 17.4 Å². The molecule has 3 heterocycles. The van der Waals surface area contributed by atoms with Gasteiger partial charge in [0.2, 0.25) is 5.89 Å². The average molecular weight is 290 g/mol. The van der Waals surface area contributed by atoms with Gasteiger partial charge in [-0.15, -0.1) is 0 Å². The molecule has 0 unspecified atom stereocenters. The van der Waals surface area contributed by atoms with Gasteiger partial charge in [-0.1, -0.05) is 25.9 Å². The molecule has 1 fully saturated rings. The van der Waals surface area contributed by atoms with Crippen LogP contribution in [0.5, 0.6) is 0 Å². The van der Waals surface area contributed by atoms with Gasteiger partial charge in [-0.25, -0.2) is 0 Å². The maximum Gasteiger partial charge on any atom is 0.226 e. The molecule has 3 rings (SSSR count). The summed E-state index contributed by atoms with van der Waals surface area (Å²) in [7, 11) is 0. The SMILES string of the molecule is CC(C)(C)[C@H]1OCC[C@@H]1c1noc(CCc2ccoc2)n1. The van der Waals surface area contributed by atoms with Gasteiger partial charge in [-0.2, -0.15) is 4.98 Å². The zero-order chi connectivity index (χ0) is 14.9. The van der Waals surface area contributed by atoms with Crippen LogP contribution in [-0.4, -0.2) is 22.9 Å². The van der Waals surface area contributed by atoms with Crippen molar-refractivity contribution in [3.8, 4) is 0 Å². The van der Waals surface area contributed by atoms with Gasteiger partial charge >= 0.3 is 0 Å². The molecule has 1 saturated heterocycles. The second-order valence-corrected chi connectivity index (χ2v) is 6.73. The Hall–Kier alpha value is -1.62. The fraction of sp³-hybridized carbons (Fsp3) is 0.625.